The van der Waals surface area contributed by atoms with Gasteiger partial charge < -0.3 is 4.90 Å². The van der Waals surface area contributed by atoms with E-state index in [1.807, 2.05) is 60.3 Å². The van der Waals surface area contributed by atoms with Gasteiger partial charge in [0.25, 0.3) is 0 Å². The fourth-order valence-electron chi connectivity index (χ4n) is 3.71. The molecule has 0 bridgehead atoms. The molecule has 5 heteroatoms. The minimum atomic E-state index is -0.0740. The van der Waals surface area contributed by atoms with Crippen molar-refractivity contribution in [1.82, 2.24) is 14.8 Å². The van der Waals surface area contributed by atoms with Gasteiger partial charge in [0.2, 0.25) is 5.91 Å². The van der Waals surface area contributed by atoms with Crippen molar-refractivity contribution in [1.29, 1.82) is 0 Å². The summed E-state index contributed by atoms with van der Waals surface area (Å²) in [6.07, 6.45) is 2.73. The van der Waals surface area contributed by atoms with Crippen LogP contribution in [0, 0.1) is 0 Å². The van der Waals surface area contributed by atoms with Crippen LogP contribution in [0.5, 0.6) is 0 Å². The van der Waals surface area contributed by atoms with E-state index in [1.54, 1.807) is 4.90 Å². The van der Waals surface area contributed by atoms with Gasteiger partial charge >= 0.3 is 0 Å². The van der Waals surface area contributed by atoms with Gasteiger partial charge in [-0.2, -0.15) is 5.10 Å². The maximum Gasteiger partial charge on any atom is 0.227 e. The Morgan fingerprint density at radius 3 is 2.50 bits per heavy atom. The van der Waals surface area contributed by atoms with Gasteiger partial charge in [-0.15, -0.1) is 0 Å². The number of hydrogen-bond acceptors (Lipinski definition) is 3. The van der Waals surface area contributed by atoms with Crippen LogP contribution in [-0.2, 0) is 4.79 Å². The number of carbonyl (C=O) groups excluding carboxylic acids is 1. The molecule has 3 aromatic rings. The molecule has 0 spiro atoms. The van der Waals surface area contributed by atoms with E-state index in [1.165, 1.54) is 0 Å². The maximum absolute atomic E-state index is 12.6. The molecule has 5 rings (SSSR count). The van der Waals surface area contributed by atoms with Crippen LogP contribution in [0.3, 0.4) is 0 Å². The first-order valence-electron chi connectivity index (χ1n) is 9.10. The molecule has 1 fully saturated rings. The summed E-state index contributed by atoms with van der Waals surface area (Å²) in [5.74, 6) is 2.29. The van der Waals surface area contributed by atoms with E-state index in [-0.39, 0.29) is 11.8 Å². The molecule has 1 aliphatic heterocycles. The van der Waals surface area contributed by atoms with Crippen molar-refractivity contribution >= 4 is 11.6 Å². The van der Waals surface area contributed by atoms with Crippen LogP contribution in [0.2, 0.25) is 0 Å². The summed E-state index contributed by atoms with van der Waals surface area (Å²) in [4.78, 5) is 19.3. The van der Waals surface area contributed by atoms with E-state index in [0.29, 0.717) is 12.3 Å². The van der Waals surface area contributed by atoms with E-state index in [2.05, 4.69) is 6.07 Å². The van der Waals surface area contributed by atoms with Crippen molar-refractivity contribution in [2.24, 2.45) is 0 Å². The molecule has 0 N–H and O–H groups in total. The molecule has 130 valence electrons. The molecule has 1 saturated carbocycles. The lowest BCUT2D eigenvalue weighted by Crippen LogP contribution is -2.34. The van der Waals surface area contributed by atoms with Crippen LogP contribution in [0.15, 0.2) is 54.6 Å². The number of carbonyl (C=O) groups is 1. The summed E-state index contributed by atoms with van der Waals surface area (Å²) in [6.45, 7) is 0. The van der Waals surface area contributed by atoms with Gasteiger partial charge in [-0.25, -0.2) is 9.67 Å². The topological polar surface area (TPSA) is 51.0 Å². The summed E-state index contributed by atoms with van der Waals surface area (Å²) in [6, 6.07) is 18.2. The normalized spacial score (nSPS) is 19.5. The van der Waals surface area contributed by atoms with E-state index >= 15 is 0 Å². The second-order valence-corrected chi connectivity index (χ2v) is 7.12. The van der Waals surface area contributed by atoms with Gasteiger partial charge in [0.15, 0.2) is 5.82 Å². The minimum absolute atomic E-state index is 0.0740. The minimum Gasteiger partial charge on any atom is -0.315 e. The highest BCUT2D eigenvalue weighted by Crippen LogP contribution is 2.42. The number of amides is 1. The fourth-order valence-corrected chi connectivity index (χ4v) is 3.71. The molecule has 0 radical (unpaired) electrons. The number of hydrogen-bond donors (Lipinski definition) is 0. The summed E-state index contributed by atoms with van der Waals surface area (Å²) in [5, 5.41) is 4.82. The molecule has 1 unspecified atom stereocenters. The third-order valence-corrected chi connectivity index (χ3v) is 5.33. The van der Waals surface area contributed by atoms with Crippen LogP contribution in [0.1, 0.15) is 48.3 Å². The molecule has 26 heavy (non-hydrogen) atoms. The molecule has 1 atom stereocenters. The van der Waals surface area contributed by atoms with E-state index < -0.39 is 0 Å². The Labute approximate surface area is 152 Å². The van der Waals surface area contributed by atoms with Crippen molar-refractivity contribution in [3.05, 3.63) is 71.8 Å². The Kier molecular flexibility index (Phi) is 3.42. The van der Waals surface area contributed by atoms with Crippen LogP contribution in [-0.4, -0.2) is 27.7 Å². The predicted octanol–water partition coefficient (Wildman–Crippen LogP) is 3.64. The van der Waals surface area contributed by atoms with Crippen molar-refractivity contribution in [3.63, 3.8) is 0 Å². The van der Waals surface area contributed by atoms with Gasteiger partial charge in [-0.05, 0) is 36.6 Å². The molecule has 2 heterocycles. The molecular weight excluding hydrogens is 324 g/mol. The van der Waals surface area contributed by atoms with Gasteiger partial charge in [-0.3, -0.25) is 4.79 Å². The Morgan fingerprint density at radius 1 is 1.00 bits per heavy atom. The highest BCUT2D eigenvalue weighted by Gasteiger charge is 2.36. The lowest BCUT2D eigenvalue weighted by molar-refractivity contribution is -0.118. The third kappa shape index (κ3) is 2.43. The van der Waals surface area contributed by atoms with Crippen LogP contribution < -0.4 is 4.90 Å². The first-order chi connectivity index (χ1) is 12.7. The second-order valence-electron chi connectivity index (χ2n) is 7.12. The van der Waals surface area contributed by atoms with Crippen LogP contribution in [0.25, 0.3) is 5.69 Å². The Morgan fingerprint density at radius 2 is 1.73 bits per heavy atom. The van der Waals surface area contributed by atoms with E-state index in [4.69, 9.17) is 10.1 Å². The zero-order valence-electron chi connectivity index (χ0n) is 14.7. The zero-order valence-corrected chi connectivity index (χ0v) is 14.7. The SMILES string of the molecule is CN1C(=O)CC(c2nc(C3CC3)nn2-c2ccccc2)c2ccccc21. The lowest BCUT2D eigenvalue weighted by Gasteiger charge is -2.31. The Balaban J connectivity index is 1.68. The second kappa shape index (κ2) is 5.80. The summed E-state index contributed by atoms with van der Waals surface area (Å²) >= 11 is 0. The standard InChI is InChI=1S/C21H20N4O/c1-24-18-10-6-5-9-16(18)17(13-19(24)26)21-22-20(14-11-12-14)23-25(21)15-7-3-2-4-8-15/h2-10,14,17H,11-13H2,1H3. The molecule has 2 aliphatic rings. The number of anilines is 1. The van der Waals surface area contributed by atoms with E-state index in [9.17, 15) is 4.79 Å². The van der Waals surface area contributed by atoms with Crippen molar-refractivity contribution in [2.75, 3.05) is 11.9 Å². The highest BCUT2D eigenvalue weighted by molar-refractivity contribution is 5.97. The van der Waals surface area contributed by atoms with Crippen LogP contribution >= 0.6 is 0 Å². The summed E-state index contributed by atoms with van der Waals surface area (Å²) in [5.41, 5.74) is 3.09. The molecular formula is C21H20N4O. The summed E-state index contributed by atoms with van der Waals surface area (Å²) in [7, 11) is 1.84. The van der Waals surface area contributed by atoms with Crippen molar-refractivity contribution < 1.29 is 4.79 Å². The monoisotopic (exact) mass is 344 g/mol. The van der Waals surface area contributed by atoms with Crippen LogP contribution in [0.4, 0.5) is 5.69 Å². The van der Waals surface area contributed by atoms with Crippen molar-refractivity contribution in [2.45, 2.75) is 31.1 Å². The predicted molar refractivity (Wildman–Crippen MR) is 99.6 cm³/mol. The third-order valence-electron chi connectivity index (χ3n) is 5.33. The number of benzene rings is 2. The number of para-hydroxylation sites is 2. The van der Waals surface area contributed by atoms with Gasteiger partial charge in [-0.1, -0.05) is 36.4 Å². The van der Waals surface area contributed by atoms with E-state index in [0.717, 1.165) is 41.4 Å². The van der Waals surface area contributed by atoms with Gasteiger partial charge in [0, 0.05) is 25.1 Å². The quantitative estimate of drug-likeness (QED) is 0.729. The number of aromatic nitrogens is 3. The Hall–Kier alpha value is -2.95. The molecule has 2 aromatic carbocycles. The lowest BCUT2D eigenvalue weighted by atomic mass is 9.89. The molecule has 5 nitrogen and oxygen atoms in total. The number of fused-ring (bicyclic) bond motifs is 1. The summed E-state index contributed by atoms with van der Waals surface area (Å²) < 4.78 is 1.94. The van der Waals surface area contributed by atoms with Gasteiger partial charge in [0.05, 0.1) is 11.6 Å². The molecule has 0 saturated heterocycles. The first-order valence-corrected chi connectivity index (χ1v) is 9.10. The molecule has 1 amide bonds. The Bertz CT molecular complexity index is 975. The highest BCUT2D eigenvalue weighted by atomic mass is 16.2. The maximum atomic E-state index is 12.6. The molecule has 1 aromatic heterocycles. The smallest absolute Gasteiger partial charge is 0.227 e. The largest absolute Gasteiger partial charge is 0.315 e. The first kappa shape index (κ1) is 15.3. The molecule has 1 aliphatic carbocycles. The number of nitrogens with zero attached hydrogens (tertiary/aromatic N) is 4. The average molecular weight is 344 g/mol. The fraction of sp³-hybridized carbons (Fsp3) is 0.286. The van der Waals surface area contributed by atoms with Gasteiger partial charge in [0.1, 0.15) is 5.82 Å². The van der Waals surface area contributed by atoms with Crippen molar-refractivity contribution in [3.8, 4) is 5.69 Å². The number of rotatable bonds is 3. The average Bonchev–Trinajstić information content (AvgIpc) is 3.44. The zero-order chi connectivity index (χ0) is 17.7.